The SMILES string of the molecule is CCCNc1cc(OC2CC3CCC2(C)C3(C)C)ncn1. The molecule has 4 heteroatoms. The normalized spacial score (nSPS) is 33.1. The van der Waals surface area contributed by atoms with Gasteiger partial charge in [0.25, 0.3) is 0 Å². The zero-order valence-electron chi connectivity index (χ0n) is 13.6. The lowest BCUT2D eigenvalue weighted by atomic mass is 9.70. The van der Waals surface area contributed by atoms with Crippen molar-refractivity contribution in [2.75, 3.05) is 11.9 Å². The first-order chi connectivity index (χ1) is 9.97. The maximum absolute atomic E-state index is 6.28. The minimum atomic E-state index is 0.264. The molecule has 0 saturated heterocycles. The van der Waals surface area contributed by atoms with Crippen molar-refractivity contribution in [3.05, 3.63) is 12.4 Å². The molecule has 2 aliphatic carbocycles. The third-order valence-corrected chi connectivity index (χ3v) is 6.18. The van der Waals surface area contributed by atoms with Crippen LogP contribution in [0.25, 0.3) is 0 Å². The Hall–Kier alpha value is -1.32. The van der Waals surface area contributed by atoms with Crippen LogP contribution in [0.3, 0.4) is 0 Å². The van der Waals surface area contributed by atoms with E-state index in [9.17, 15) is 0 Å². The van der Waals surface area contributed by atoms with Gasteiger partial charge in [0.05, 0.1) is 0 Å². The number of ether oxygens (including phenoxy) is 1. The fourth-order valence-electron chi connectivity index (χ4n) is 4.21. The number of rotatable bonds is 5. The van der Waals surface area contributed by atoms with Crippen LogP contribution in [-0.4, -0.2) is 22.6 Å². The predicted molar refractivity (Wildman–Crippen MR) is 84.5 cm³/mol. The Balaban J connectivity index is 1.73. The van der Waals surface area contributed by atoms with Gasteiger partial charge in [-0.25, -0.2) is 9.97 Å². The van der Waals surface area contributed by atoms with Crippen molar-refractivity contribution >= 4 is 5.82 Å². The predicted octanol–water partition coefficient (Wildman–Crippen LogP) is 3.89. The molecule has 2 saturated carbocycles. The molecule has 1 heterocycles. The topological polar surface area (TPSA) is 47.0 Å². The third kappa shape index (κ3) is 2.29. The summed E-state index contributed by atoms with van der Waals surface area (Å²) in [6.07, 6.45) is 6.72. The molecule has 4 nitrogen and oxygen atoms in total. The number of hydrogen-bond acceptors (Lipinski definition) is 4. The van der Waals surface area contributed by atoms with Gasteiger partial charge >= 0.3 is 0 Å². The van der Waals surface area contributed by atoms with E-state index < -0.39 is 0 Å². The second-order valence-electron chi connectivity index (χ2n) is 7.39. The molecule has 0 amide bonds. The summed E-state index contributed by atoms with van der Waals surface area (Å²) in [5, 5.41) is 3.29. The van der Waals surface area contributed by atoms with Gasteiger partial charge in [0.1, 0.15) is 18.2 Å². The molecule has 1 aromatic rings. The lowest BCUT2D eigenvalue weighted by Gasteiger charge is -2.38. The molecule has 2 bridgehead atoms. The van der Waals surface area contributed by atoms with E-state index in [2.05, 4.69) is 43.0 Å². The summed E-state index contributed by atoms with van der Waals surface area (Å²) in [6, 6.07) is 1.93. The van der Waals surface area contributed by atoms with E-state index >= 15 is 0 Å². The number of anilines is 1. The Morgan fingerprint density at radius 1 is 1.33 bits per heavy atom. The van der Waals surface area contributed by atoms with Crippen molar-refractivity contribution in [1.29, 1.82) is 0 Å². The maximum Gasteiger partial charge on any atom is 0.218 e. The van der Waals surface area contributed by atoms with Gasteiger partial charge in [-0.2, -0.15) is 0 Å². The molecule has 2 fully saturated rings. The minimum absolute atomic E-state index is 0.264. The molecule has 2 aliphatic rings. The number of fused-ring (bicyclic) bond motifs is 2. The Bertz CT molecular complexity index is 517. The minimum Gasteiger partial charge on any atom is -0.474 e. The lowest BCUT2D eigenvalue weighted by Crippen LogP contribution is -2.39. The van der Waals surface area contributed by atoms with Crippen LogP contribution < -0.4 is 10.1 Å². The number of nitrogens with one attached hydrogen (secondary N) is 1. The summed E-state index contributed by atoms with van der Waals surface area (Å²) in [6.45, 7) is 10.3. The van der Waals surface area contributed by atoms with Gasteiger partial charge in [-0.05, 0) is 37.0 Å². The first-order valence-electron chi connectivity index (χ1n) is 8.20. The van der Waals surface area contributed by atoms with E-state index in [0.717, 1.165) is 31.1 Å². The van der Waals surface area contributed by atoms with Crippen LogP contribution >= 0.6 is 0 Å². The zero-order valence-corrected chi connectivity index (χ0v) is 13.6. The van der Waals surface area contributed by atoms with Crippen molar-refractivity contribution in [2.24, 2.45) is 16.7 Å². The molecule has 3 atom stereocenters. The molecule has 21 heavy (non-hydrogen) atoms. The summed E-state index contributed by atoms with van der Waals surface area (Å²) >= 11 is 0. The molecule has 1 N–H and O–H groups in total. The fourth-order valence-corrected chi connectivity index (χ4v) is 4.21. The third-order valence-electron chi connectivity index (χ3n) is 6.18. The van der Waals surface area contributed by atoms with Crippen molar-refractivity contribution in [3.8, 4) is 5.88 Å². The van der Waals surface area contributed by atoms with Gasteiger partial charge in [-0.1, -0.05) is 27.7 Å². The van der Waals surface area contributed by atoms with Crippen molar-refractivity contribution in [3.63, 3.8) is 0 Å². The molecule has 3 unspecified atom stereocenters. The summed E-state index contributed by atoms with van der Waals surface area (Å²) in [5.41, 5.74) is 0.633. The highest BCUT2D eigenvalue weighted by atomic mass is 16.5. The van der Waals surface area contributed by atoms with Crippen LogP contribution in [0.1, 0.15) is 53.4 Å². The second kappa shape index (κ2) is 5.15. The van der Waals surface area contributed by atoms with E-state index in [1.807, 2.05) is 6.07 Å². The monoisotopic (exact) mass is 289 g/mol. The Morgan fingerprint density at radius 2 is 2.14 bits per heavy atom. The van der Waals surface area contributed by atoms with Crippen molar-refractivity contribution in [2.45, 2.75) is 59.5 Å². The highest BCUT2D eigenvalue weighted by molar-refractivity contribution is 5.37. The molecular formula is C17H27N3O. The molecule has 0 spiro atoms. The summed E-state index contributed by atoms with van der Waals surface area (Å²) in [7, 11) is 0. The van der Waals surface area contributed by atoms with E-state index in [-0.39, 0.29) is 11.5 Å². The number of nitrogens with zero attached hydrogens (tertiary/aromatic N) is 2. The molecule has 0 aromatic carbocycles. The maximum atomic E-state index is 6.28. The van der Waals surface area contributed by atoms with Gasteiger partial charge in [0.15, 0.2) is 0 Å². The molecule has 0 radical (unpaired) electrons. The average Bonchev–Trinajstić information content (AvgIpc) is 2.79. The van der Waals surface area contributed by atoms with E-state index in [1.165, 1.54) is 12.8 Å². The Kier molecular flexibility index (Phi) is 3.58. The van der Waals surface area contributed by atoms with Gasteiger partial charge in [-0.15, -0.1) is 0 Å². The largest absolute Gasteiger partial charge is 0.474 e. The van der Waals surface area contributed by atoms with Crippen molar-refractivity contribution in [1.82, 2.24) is 9.97 Å². The summed E-state index contributed by atoms with van der Waals surface area (Å²) in [5.74, 6) is 2.35. The molecule has 1 aromatic heterocycles. The van der Waals surface area contributed by atoms with E-state index in [4.69, 9.17) is 4.74 Å². The van der Waals surface area contributed by atoms with Gasteiger partial charge in [0, 0.05) is 18.0 Å². The van der Waals surface area contributed by atoms with Gasteiger partial charge in [0.2, 0.25) is 5.88 Å². The van der Waals surface area contributed by atoms with Gasteiger partial charge in [-0.3, -0.25) is 0 Å². The lowest BCUT2D eigenvalue weighted by molar-refractivity contribution is 0.0273. The first-order valence-corrected chi connectivity index (χ1v) is 8.20. The number of aromatic nitrogens is 2. The quantitative estimate of drug-likeness (QED) is 0.893. The van der Waals surface area contributed by atoms with Crippen LogP contribution in [0.5, 0.6) is 5.88 Å². The second-order valence-corrected chi connectivity index (χ2v) is 7.39. The molecule has 0 aliphatic heterocycles. The molecule has 116 valence electrons. The van der Waals surface area contributed by atoms with Crippen LogP contribution in [0.4, 0.5) is 5.82 Å². The molecule has 3 rings (SSSR count). The van der Waals surface area contributed by atoms with Gasteiger partial charge < -0.3 is 10.1 Å². The van der Waals surface area contributed by atoms with Crippen LogP contribution in [0.15, 0.2) is 12.4 Å². The Labute approximate surface area is 127 Å². The number of hydrogen-bond donors (Lipinski definition) is 1. The highest BCUT2D eigenvalue weighted by Gasteiger charge is 2.62. The molecular weight excluding hydrogens is 262 g/mol. The van der Waals surface area contributed by atoms with Crippen LogP contribution in [0, 0.1) is 16.7 Å². The first kappa shape index (κ1) is 14.6. The Morgan fingerprint density at radius 3 is 2.76 bits per heavy atom. The van der Waals surface area contributed by atoms with Crippen LogP contribution in [0.2, 0.25) is 0 Å². The summed E-state index contributed by atoms with van der Waals surface area (Å²) in [4.78, 5) is 8.54. The average molecular weight is 289 g/mol. The zero-order chi connectivity index (χ0) is 15.1. The van der Waals surface area contributed by atoms with E-state index in [1.54, 1.807) is 6.33 Å². The summed E-state index contributed by atoms with van der Waals surface area (Å²) < 4.78 is 6.28. The van der Waals surface area contributed by atoms with Crippen LogP contribution in [-0.2, 0) is 0 Å². The highest BCUT2D eigenvalue weighted by Crippen LogP contribution is 2.66. The standard InChI is InChI=1S/C17H27N3O/c1-5-8-18-14-10-15(20-11-19-14)21-13-9-12-6-7-17(13,4)16(12,2)3/h10-13H,5-9H2,1-4H3,(H,18,19,20). The smallest absolute Gasteiger partial charge is 0.218 e. The van der Waals surface area contributed by atoms with E-state index in [0.29, 0.717) is 11.3 Å². The van der Waals surface area contributed by atoms with Crippen molar-refractivity contribution < 1.29 is 4.74 Å². The fraction of sp³-hybridized carbons (Fsp3) is 0.765.